The number of carbonyl (C=O) groups excluding carboxylic acids is 2. The van der Waals surface area contributed by atoms with Crippen LogP contribution in [0.1, 0.15) is 43.3 Å². The molecule has 2 aromatic rings. The van der Waals surface area contributed by atoms with E-state index in [9.17, 15) is 9.59 Å². The molecule has 3 N–H and O–H groups in total. The van der Waals surface area contributed by atoms with Crippen molar-refractivity contribution in [2.45, 2.75) is 44.3 Å². The van der Waals surface area contributed by atoms with Gasteiger partial charge in [0, 0.05) is 19.9 Å². The minimum absolute atomic E-state index is 0.0559. The molecule has 0 bridgehead atoms. The molecule has 1 aromatic heterocycles. The smallest absolute Gasteiger partial charge is 0.230 e. The summed E-state index contributed by atoms with van der Waals surface area (Å²) in [6.45, 7) is 4.08. The molecule has 7 nitrogen and oxygen atoms in total. The van der Waals surface area contributed by atoms with E-state index in [2.05, 4.69) is 34.6 Å². The monoisotopic (exact) mass is 375 g/mol. The Morgan fingerprint density at radius 3 is 2.58 bits per heavy atom. The van der Waals surface area contributed by atoms with Gasteiger partial charge in [0.25, 0.3) is 0 Å². The zero-order chi connectivity index (χ0) is 19.1. The van der Waals surface area contributed by atoms with Gasteiger partial charge in [0.15, 0.2) is 5.16 Å². The molecule has 0 aliphatic heterocycles. The molecule has 0 spiro atoms. The largest absolute Gasteiger partial charge is 0.370 e. The van der Waals surface area contributed by atoms with E-state index in [1.165, 1.54) is 17.3 Å². The van der Waals surface area contributed by atoms with E-state index in [0.29, 0.717) is 17.4 Å². The van der Waals surface area contributed by atoms with Crippen LogP contribution >= 0.6 is 11.8 Å². The molecule has 0 aliphatic rings. The average Bonchev–Trinajstić information content (AvgIpc) is 2.98. The lowest BCUT2D eigenvalue weighted by Crippen LogP contribution is -2.28. The Balaban J connectivity index is 1.85. The number of nitrogens with two attached hydrogens (primary N) is 1. The Kier molecular flexibility index (Phi) is 7.20. The summed E-state index contributed by atoms with van der Waals surface area (Å²) in [6.07, 6.45) is 1.67. The molecule has 0 saturated carbocycles. The molecule has 2 rings (SSSR count). The van der Waals surface area contributed by atoms with Crippen molar-refractivity contribution >= 4 is 23.6 Å². The normalized spacial score (nSPS) is 12.0. The second-order valence-electron chi connectivity index (χ2n) is 6.10. The van der Waals surface area contributed by atoms with Crippen molar-refractivity contribution in [2.24, 2.45) is 12.8 Å². The number of aryl methyl sites for hydroxylation is 2. The number of carbonyl (C=O) groups is 2. The van der Waals surface area contributed by atoms with Crippen LogP contribution in [0.25, 0.3) is 0 Å². The fourth-order valence-electron chi connectivity index (χ4n) is 2.46. The maximum absolute atomic E-state index is 12.2. The number of benzene rings is 1. The summed E-state index contributed by atoms with van der Waals surface area (Å²) in [6, 6.07) is 8.20. The van der Waals surface area contributed by atoms with Gasteiger partial charge in [-0.15, -0.1) is 10.2 Å². The third kappa shape index (κ3) is 5.59. The predicted molar refractivity (Wildman–Crippen MR) is 102 cm³/mol. The van der Waals surface area contributed by atoms with Crippen LogP contribution in [0.4, 0.5) is 0 Å². The second-order valence-corrected chi connectivity index (χ2v) is 7.04. The Hall–Kier alpha value is -2.35. The maximum atomic E-state index is 12.2. The van der Waals surface area contributed by atoms with Crippen LogP contribution in [0.5, 0.6) is 0 Å². The summed E-state index contributed by atoms with van der Waals surface area (Å²) in [5.41, 5.74) is 7.50. The molecule has 1 aromatic carbocycles. The minimum atomic E-state index is -0.373. The Bertz CT molecular complexity index is 757. The lowest BCUT2D eigenvalue weighted by atomic mass is 10.1. The van der Waals surface area contributed by atoms with Crippen molar-refractivity contribution in [1.29, 1.82) is 0 Å². The standard InChI is InChI=1S/C18H25N5O2S/c1-4-13-5-7-14(8-6-13)12(2)20-17(25)11-26-18-22-21-16(23(18)3)10-9-15(19)24/h5-8,12H,4,9-11H2,1-3H3,(H2,19,24)(H,20,25)/t12-/m0/s1. The molecule has 2 amide bonds. The van der Waals surface area contributed by atoms with E-state index in [1.54, 1.807) is 4.57 Å². The SMILES string of the molecule is CCc1ccc([C@H](C)NC(=O)CSc2nnc(CCC(N)=O)n2C)cc1. The Labute approximate surface area is 157 Å². The number of nitrogens with one attached hydrogen (secondary N) is 1. The van der Waals surface area contributed by atoms with Crippen LogP contribution in [0.15, 0.2) is 29.4 Å². The van der Waals surface area contributed by atoms with Gasteiger partial charge in [0.2, 0.25) is 11.8 Å². The van der Waals surface area contributed by atoms with Gasteiger partial charge in [-0.25, -0.2) is 0 Å². The number of hydrogen-bond donors (Lipinski definition) is 2. The van der Waals surface area contributed by atoms with Gasteiger partial charge in [-0.3, -0.25) is 9.59 Å². The first kappa shape index (κ1) is 20.0. The van der Waals surface area contributed by atoms with Crippen LogP contribution < -0.4 is 11.1 Å². The summed E-state index contributed by atoms with van der Waals surface area (Å²) in [4.78, 5) is 23.1. The number of hydrogen-bond acceptors (Lipinski definition) is 5. The van der Waals surface area contributed by atoms with Crippen molar-refractivity contribution in [2.75, 3.05) is 5.75 Å². The Morgan fingerprint density at radius 1 is 1.27 bits per heavy atom. The number of aromatic nitrogens is 3. The third-order valence-corrected chi connectivity index (χ3v) is 5.14. The minimum Gasteiger partial charge on any atom is -0.370 e. The summed E-state index contributed by atoms with van der Waals surface area (Å²) in [7, 11) is 1.81. The highest BCUT2D eigenvalue weighted by Crippen LogP contribution is 2.18. The number of nitrogens with zero attached hydrogens (tertiary/aromatic N) is 3. The molecule has 0 unspecified atom stereocenters. The van der Waals surface area contributed by atoms with Gasteiger partial charge in [-0.1, -0.05) is 43.0 Å². The van der Waals surface area contributed by atoms with Crippen molar-refractivity contribution < 1.29 is 9.59 Å². The molecule has 1 heterocycles. The van der Waals surface area contributed by atoms with E-state index in [0.717, 1.165) is 12.0 Å². The zero-order valence-corrected chi connectivity index (χ0v) is 16.2. The number of rotatable bonds is 9. The van der Waals surface area contributed by atoms with E-state index in [-0.39, 0.29) is 30.0 Å². The van der Waals surface area contributed by atoms with Crippen LogP contribution in [-0.2, 0) is 29.5 Å². The average molecular weight is 375 g/mol. The Morgan fingerprint density at radius 2 is 1.96 bits per heavy atom. The van der Waals surface area contributed by atoms with E-state index in [1.807, 2.05) is 26.1 Å². The summed E-state index contributed by atoms with van der Waals surface area (Å²) in [5, 5.41) is 11.7. The number of primary amides is 1. The summed E-state index contributed by atoms with van der Waals surface area (Å²) >= 11 is 1.31. The fourth-order valence-corrected chi connectivity index (χ4v) is 3.20. The predicted octanol–water partition coefficient (Wildman–Crippen LogP) is 1.76. The summed E-state index contributed by atoms with van der Waals surface area (Å²) < 4.78 is 1.79. The number of thioether (sulfide) groups is 1. The highest BCUT2D eigenvalue weighted by atomic mass is 32.2. The first-order valence-electron chi connectivity index (χ1n) is 8.58. The molecular formula is C18H25N5O2S. The number of amides is 2. The van der Waals surface area contributed by atoms with Crippen LogP contribution in [0.2, 0.25) is 0 Å². The van der Waals surface area contributed by atoms with Gasteiger partial charge in [0.05, 0.1) is 11.8 Å². The lowest BCUT2D eigenvalue weighted by Gasteiger charge is -2.14. The highest BCUT2D eigenvalue weighted by Gasteiger charge is 2.14. The van der Waals surface area contributed by atoms with Crippen LogP contribution in [-0.4, -0.2) is 32.3 Å². The lowest BCUT2D eigenvalue weighted by molar-refractivity contribution is -0.119. The molecule has 140 valence electrons. The second kappa shape index (κ2) is 9.38. The zero-order valence-electron chi connectivity index (χ0n) is 15.4. The van der Waals surface area contributed by atoms with E-state index in [4.69, 9.17) is 5.73 Å². The molecule has 0 saturated heterocycles. The van der Waals surface area contributed by atoms with Crippen molar-refractivity contribution in [3.05, 3.63) is 41.2 Å². The molecule has 0 radical (unpaired) electrons. The van der Waals surface area contributed by atoms with Gasteiger partial charge < -0.3 is 15.6 Å². The van der Waals surface area contributed by atoms with Crippen molar-refractivity contribution in [3.63, 3.8) is 0 Å². The quantitative estimate of drug-likeness (QED) is 0.650. The van der Waals surface area contributed by atoms with Crippen molar-refractivity contribution in [1.82, 2.24) is 20.1 Å². The van der Waals surface area contributed by atoms with Gasteiger partial charge in [-0.2, -0.15) is 0 Å². The molecular weight excluding hydrogens is 350 g/mol. The first-order valence-corrected chi connectivity index (χ1v) is 9.56. The molecule has 1 atom stereocenters. The van der Waals surface area contributed by atoms with Gasteiger partial charge in [-0.05, 0) is 24.5 Å². The van der Waals surface area contributed by atoms with E-state index < -0.39 is 0 Å². The van der Waals surface area contributed by atoms with Crippen molar-refractivity contribution in [3.8, 4) is 0 Å². The molecule has 0 aliphatic carbocycles. The van der Waals surface area contributed by atoms with Gasteiger partial charge >= 0.3 is 0 Å². The van der Waals surface area contributed by atoms with Crippen LogP contribution in [0.3, 0.4) is 0 Å². The molecule has 8 heteroatoms. The fraction of sp³-hybridized carbons (Fsp3) is 0.444. The molecule has 26 heavy (non-hydrogen) atoms. The maximum Gasteiger partial charge on any atom is 0.230 e. The topological polar surface area (TPSA) is 103 Å². The van der Waals surface area contributed by atoms with Gasteiger partial charge in [0.1, 0.15) is 5.82 Å². The third-order valence-electron chi connectivity index (χ3n) is 4.12. The first-order chi connectivity index (χ1) is 12.4. The molecule has 0 fully saturated rings. The highest BCUT2D eigenvalue weighted by molar-refractivity contribution is 7.99. The van der Waals surface area contributed by atoms with E-state index >= 15 is 0 Å². The summed E-state index contributed by atoms with van der Waals surface area (Å²) in [5.74, 6) is 0.487. The van der Waals surface area contributed by atoms with Crippen LogP contribution in [0, 0.1) is 0 Å².